The van der Waals surface area contributed by atoms with Gasteiger partial charge in [0.2, 0.25) is 0 Å². The number of hydrogen-bond donors (Lipinski definition) is 0. The van der Waals surface area contributed by atoms with Gasteiger partial charge in [0.05, 0.1) is 0 Å². The van der Waals surface area contributed by atoms with Gasteiger partial charge in [-0.2, -0.15) is 0 Å². The van der Waals surface area contributed by atoms with Gasteiger partial charge in [0.1, 0.15) is 0 Å². The largest absolute Gasteiger partial charge is 0.171 e. The Bertz CT molecular complexity index is 1140. The number of hydrogen-bond acceptors (Lipinski definition) is 0. The van der Waals surface area contributed by atoms with Crippen molar-refractivity contribution in [3.63, 3.8) is 0 Å². The maximum absolute atomic E-state index is 7.61. The van der Waals surface area contributed by atoms with E-state index in [4.69, 9.17) is 23.2 Å². The molecular formula is C37H58Cl2P2. The van der Waals surface area contributed by atoms with Crippen LogP contribution in [0.25, 0.3) is 0 Å². The van der Waals surface area contributed by atoms with Gasteiger partial charge in [-0.25, -0.2) is 0 Å². The molecule has 230 valence electrons. The first-order valence-electron chi connectivity index (χ1n) is 15.3. The van der Waals surface area contributed by atoms with Crippen molar-refractivity contribution >= 4 is 49.0 Å². The Labute approximate surface area is 266 Å². The molecule has 0 nitrogen and oxygen atoms in total. The molecule has 0 aliphatic carbocycles. The van der Waals surface area contributed by atoms with Crippen LogP contribution in [0.2, 0.25) is 0 Å². The van der Waals surface area contributed by atoms with E-state index in [0.717, 1.165) is 0 Å². The van der Waals surface area contributed by atoms with Crippen molar-refractivity contribution in [2.24, 2.45) is 0 Å². The standard InChI is InChI=1S/C37H58Cl2P2/c1-31(2,3)23-19-25(33(7,8)9)29(26(20-23)34(10,11)12)40-37(38,39)41(40)30-27(35(13,14)15)21-24(32(4,5)6)22-28(30)36(16,17)18/h19-22H,1-18H3. The summed E-state index contributed by atoms with van der Waals surface area (Å²) in [5, 5.41) is 2.92. The Morgan fingerprint density at radius 2 is 0.585 bits per heavy atom. The highest BCUT2D eigenvalue weighted by Crippen LogP contribution is 3.04. The van der Waals surface area contributed by atoms with E-state index in [-0.39, 0.29) is 32.5 Å². The van der Waals surface area contributed by atoms with Gasteiger partial charge < -0.3 is 0 Å². The van der Waals surface area contributed by atoms with Crippen LogP contribution in [0.15, 0.2) is 24.3 Å². The summed E-state index contributed by atoms with van der Waals surface area (Å²) >= 11 is 15.2. The van der Waals surface area contributed by atoms with E-state index in [1.807, 2.05) is 0 Å². The fourth-order valence-corrected chi connectivity index (χ4v) is 17.4. The van der Waals surface area contributed by atoms with E-state index in [2.05, 4.69) is 149 Å². The normalized spacial score (nSPS) is 20.4. The molecule has 2 atom stereocenters. The van der Waals surface area contributed by atoms with Crippen LogP contribution in [0.3, 0.4) is 0 Å². The molecule has 1 saturated heterocycles. The lowest BCUT2D eigenvalue weighted by Gasteiger charge is -2.35. The number of halogens is 2. The zero-order chi connectivity index (χ0) is 32.1. The van der Waals surface area contributed by atoms with Crippen LogP contribution in [0, 0.1) is 0 Å². The summed E-state index contributed by atoms with van der Waals surface area (Å²) in [7, 11) is -1.63. The minimum Gasteiger partial charge on any atom is -0.0899 e. The second-order valence-electron chi connectivity index (χ2n) is 18.5. The first-order valence-corrected chi connectivity index (χ1v) is 19.4. The minimum atomic E-state index is -0.816. The highest BCUT2D eigenvalue weighted by atomic mass is 35.5. The van der Waals surface area contributed by atoms with Gasteiger partial charge in [0, 0.05) is 15.2 Å². The summed E-state index contributed by atoms with van der Waals surface area (Å²) < 4.78 is -0.753. The third-order valence-electron chi connectivity index (χ3n) is 8.28. The molecule has 0 radical (unpaired) electrons. The quantitative estimate of drug-likeness (QED) is 0.228. The van der Waals surface area contributed by atoms with Gasteiger partial charge in [0.15, 0.2) is 3.82 Å². The molecule has 0 bridgehead atoms. The van der Waals surface area contributed by atoms with Gasteiger partial charge in [-0.1, -0.05) is 172 Å². The van der Waals surface area contributed by atoms with Crippen molar-refractivity contribution < 1.29 is 0 Å². The van der Waals surface area contributed by atoms with E-state index in [1.165, 1.54) is 44.0 Å². The van der Waals surface area contributed by atoms with E-state index >= 15 is 0 Å². The minimum absolute atomic E-state index is 0.0256. The fourth-order valence-electron chi connectivity index (χ4n) is 5.53. The van der Waals surface area contributed by atoms with E-state index in [0.29, 0.717) is 0 Å². The first kappa shape index (κ1) is 35.4. The molecule has 0 aromatic heterocycles. The molecule has 0 amide bonds. The van der Waals surface area contributed by atoms with Crippen LogP contribution in [-0.2, 0) is 32.5 Å². The lowest BCUT2D eigenvalue weighted by Crippen LogP contribution is -2.31. The molecule has 3 rings (SSSR count). The average Bonchev–Trinajstić information content (AvgIpc) is 3.28. The van der Waals surface area contributed by atoms with Crippen LogP contribution in [-0.4, -0.2) is 3.82 Å². The molecule has 0 saturated carbocycles. The molecule has 0 spiro atoms. The number of alkyl halides is 2. The molecule has 2 aromatic carbocycles. The molecular weight excluding hydrogens is 577 g/mol. The highest BCUT2D eigenvalue weighted by molar-refractivity contribution is 8.55. The van der Waals surface area contributed by atoms with Crippen molar-refractivity contribution in [1.29, 1.82) is 0 Å². The lowest BCUT2D eigenvalue weighted by molar-refractivity contribution is 0.553. The lowest BCUT2D eigenvalue weighted by atomic mass is 9.75. The van der Waals surface area contributed by atoms with E-state index < -0.39 is 19.0 Å². The van der Waals surface area contributed by atoms with Crippen LogP contribution in [0.4, 0.5) is 0 Å². The third kappa shape index (κ3) is 7.08. The molecule has 4 heteroatoms. The van der Waals surface area contributed by atoms with Crippen LogP contribution in [0.1, 0.15) is 158 Å². The Balaban J connectivity index is 2.50. The molecule has 1 aliphatic rings. The van der Waals surface area contributed by atoms with Crippen molar-refractivity contribution in [3.8, 4) is 0 Å². The molecule has 1 fully saturated rings. The average molecular weight is 636 g/mol. The molecule has 1 aliphatic heterocycles. The molecule has 41 heavy (non-hydrogen) atoms. The van der Waals surface area contributed by atoms with Gasteiger partial charge >= 0.3 is 0 Å². The van der Waals surface area contributed by atoms with E-state index in [9.17, 15) is 0 Å². The van der Waals surface area contributed by atoms with Crippen LogP contribution in [0.5, 0.6) is 0 Å². The van der Waals surface area contributed by atoms with Gasteiger partial charge in [-0.3, -0.25) is 0 Å². The predicted octanol–water partition coefficient (Wildman–Crippen LogP) is 12.4. The first-order chi connectivity index (χ1) is 17.9. The summed E-state index contributed by atoms with van der Waals surface area (Å²) in [5.41, 5.74) is 8.51. The zero-order valence-corrected chi connectivity index (χ0v) is 32.8. The maximum atomic E-state index is 7.61. The molecule has 2 aromatic rings. The Hall–Kier alpha value is -0.120. The summed E-state index contributed by atoms with van der Waals surface area (Å²) in [6, 6.07) is 9.95. The Morgan fingerprint density at radius 3 is 0.732 bits per heavy atom. The van der Waals surface area contributed by atoms with Gasteiger partial charge in [0.25, 0.3) is 0 Å². The number of rotatable bonds is 2. The zero-order valence-electron chi connectivity index (χ0n) is 29.5. The molecule has 1 heterocycles. The summed E-state index contributed by atoms with van der Waals surface area (Å²) in [6.07, 6.45) is 0. The predicted molar refractivity (Wildman–Crippen MR) is 193 cm³/mol. The Kier molecular flexibility index (Phi) is 9.03. The fraction of sp³-hybridized carbons (Fsp3) is 0.676. The number of benzene rings is 2. The maximum Gasteiger partial charge on any atom is 0.171 e. The topological polar surface area (TPSA) is 0 Å². The highest BCUT2D eigenvalue weighted by Gasteiger charge is 2.67. The van der Waals surface area contributed by atoms with Gasteiger partial charge in [-0.15, -0.1) is 0 Å². The van der Waals surface area contributed by atoms with Gasteiger partial charge in [-0.05, 0) is 76.5 Å². The molecule has 0 N–H and O–H groups in total. The van der Waals surface area contributed by atoms with Crippen LogP contribution < -0.4 is 10.6 Å². The Morgan fingerprint density at radius 1 is 0.390 bits per heavy atom. The van der Waals surface area contributed by atoms with Crippen molar-refractivity contribution in [1.82, 2.24) is 0 Å². The van der Waals surface area contributed by atoms with Crippen molar-refractivity contribution in [3.05, 3.63) is 57.6 Å². The van der Waals surface area contributed by atoms with Crippen LogP contribution >= 0.6 is 38.4 Å². The third-order valence-corrected chi connectivity index (χ3v) is 19.4. The summed E-state index contributed by atoms with van der Waals surface area (Å²) in [4.78, 5) is 0. The van der Waals surface area contributed by atoms with Crippen molar-refractivity contribution in [2.45, 2.75) is 161 Å². The van der Waals surface area contributed by atoms with E-state index in [1.54, 1.807) is 0 Å². The summed E-state index contributed by atoms with van der Waals surface area (Å²) in [5.74, 6) is 0. The van der Waals surface area contributed by atoms with Crippen molar-refractivity contribution in [2.75, 3.05) is 0 Å². The monoisotopic (exact) mass is 634 g/mol. The smallest absolute Gasteiger partial charge is 0.0899 e. The second kappa shape index (κ2) is 10.5. The second-order valence-corrected chi connectivity index (χ2v) is 27.1. The SMILES string of the molecule is CC(C)(C)c1cc(C(C)(C)C)c(P2P(c3c(C(C)(C)C)cc(C(C)(C)C)cc3C(C)(C)C)C2(Cl)Cl)c(C(C)(C)C)c1. The molecule has 2 unspecified atom stereocenters. The summed E-state index contributed by atoms with van der Waals surface area (Å²) in [6.45, 7) is 42.2.